The number of hydrogen-bond donors (Lipinski definition) is 2. The molecule has 0 saturated carbocycles. The van der Waals surface area contributed by atoms with E-state index in [2.05, 4.69) is 39.9 Å². The molecule has 3 rings (SSSR count). The summed E-state index contributed by atoms with van der Waals surface area (Å²) < 4.78 is 1.96. The van der Waals surface area contributed by atoms with Crippen molar-refractivity contribution in [1.29, 1.82) is 0 Å². The van der Waals surface area contributed by atoms with E-state index in [-0.39, 0.29) is 30.0 Å². The lowest BCUT2D eigenvalue weighted by atomic mass is 10.1. The van der Waals surface area contributed by atoms with Crippen LogP contribution >= 0.6 is 35.6 Å². The minimum absolute atomic E-state index is 0. The summed E-state index contributed by atoms with van der Waals surface area (Å²) in [6.07, 6.45) is 0. The summed E-state index contributed by atoms with van der Waals surface area (Å²) in [5, 5.41) is 15.9. The van der Waals surface area contributed by atoms with Crippen molar-refractivity contribution in [2.24, 2.45) is 12.0 Å². The van der Waals surface area contributed by atoms with Crippen LogP contribution in [0.15, 0.2) is 59.6 Å². The van der Waals surface area contributed by atoms with Crippen LogP contribution in [0, 0.1) is 6.92 Å². The van der Waals surface area contributed by atoms with Crippen molar-refractivity contribution in [1.82, 2.24) is 25.4 Å². The molecular formula is C21H26ClIN6. The number of aromatic nitrogens is 3. The van der Waals surface area contributed by atoms with Gasteiger partial charge in [-0.2, -0.15) is 0 Å². The van der Waals surface area contributed by atoms with Gasteiger partial charge in [-0.1, -0.05) is 54.1 Å². The van der Waals surface area contributed by atoms with Crippen LogP contribution in [-0.2, 0) is 20.1 Å². The van der Waals surface area contributed by atoms with Gasteiger partial charge in [0, 0.05) is 12.1 Å². The van der Waals surface area contributed by atoms with Gasteiger partial charge in [-0.15, -0.1) is 34.2 Å². The van der Waals surface area contributed by atoms with Gasteiger partial charge in [-0.25, -0.2) is 4.99 Å². The summed E-state index contributed by atoms with van der Waals surface area (Å²) in [7, 11) is 1.96. The molecule has 0 aliphatic heterocycles. The van der Waals surface area contributed by atoms with Crippen LogP contribution in [0.4, 0.5) is 0 Å². The van der Waals surface area contributed by atoms with E-state index in [9.17, 15) is 0 Å². The molecule has 0 radical (unpaired) electrons. The summed E-state index contributed by atoms with van der Waals surface area (Å²) in [5.74, 6) is 2.44. The van der Waals surface area contributed by atoms with E-state index in [1.54, 1.807) is 0 Å². The minimum Gasteiger partial charge on any atom is -0.350 e. The quantitative estimate of drug-likeness (QED) is 0.285. The normalized spacial score (nSPS) is 12.2. The van der Waals surface area contributed by atoms with E-state index in [0.29, 0.717) is 19.0 Å². The number of nitrogens with zero attached hydrogens (tertiary/aromatic N) is 4. The number of guanidine groups is 1. The molecule has 0 spiro atoms. The number of aryl methyl sites for hydroxylation is 1. The van der Waals surface area contributed by atoms with Crippen molar-refractivity contribution in [2.45, 2.75) is 33.0 Å². The van der Waals surface area contributed by atoms with Gasteiger partial charge in [-0.3, -0.25) is 0 Å². The maximum absolute atomic E-state index is 6.00. The highest BCUT2D eigenvalue weighted by atomic mass is 127. The van der Waals surface area contributed by atoms with E-state index < -0.39 is 0 Å². The van der Waals surface area contributed by atoms with Gasteiger partial charge >= 0.3 is 0 Å². The van der Waals surface area contributed by atoms with Crippen molar-refractivity contribution < 1.29 is 0 Å². The van der Waals surface area contributed by atoms with E-state index in [1.165, 1.54) is 0 Å². The highest BCUT2D eigenvalue weighted by molar-refractivity contribution is 14.0. The molecule has 1 aromatic heterocycles. The van der Waals surface area contributed by atoms with Gasteiger partial charge in [0.15, 0.2) is 11.8 Å². The Morgan fingerprint density at radius 2 is 1.79 bits per heavy atom. The third kappa shape index (κ3) is 6.71. The number of halogens is 2. The van der Waals surface area contributed by atoms with Gasteiger partial charge in [0.05, 0.1) is 19.1 Å². The Morgan fingerprint density at radius 3 is 2.41 bits per heavy atom. The fourth-order valence-corrected chi connectivity index (χ4v) is 2.84. The summed E-state index contributed by atoms with van der Waals surface area (Å²) in [5.41, 5.74) is 2.28. The van der Waals surface area contributed by atoms with E-state index >= 15 is 0 Å². The van der Waals surface area contributed by atoms with Crippen LogP contribution in [0.25, 0.3) is 0 Å². The Balaban J connectivity index is 0.00000300. The van der Waals surface area contributed by atoms with Crippen molar-refractivity contribution in [3.63, 3.8) is 0 Å². The van der Waals surface area contributed by atoms with E-state index in [0.717, 1.165) is 27.8 Å². The summed E-state index contributed by atoms with van der Waals surface area (Å²) in [6, 6.07) is 18.1. The maximum Gasteiger partial charge on any atom is 0.192 e. The molecule has 0 amide bonds. The molecule has 0 aliphatic carbocycles. The lowest BCUT2D eigenvalue weighted by molar-refractivity contribution is 0.664. The molecule has 0 bridgehead atoms. The minimum atomic E-state index is 0. The first-order valence-electron chi connectivity index (χ1n) is 9.22. The third-order valence-electron chi connectivity index (χ3n) is 4.58. The first-order chi connectivity index (χ1) is 13.5. The number of benzene rings is 2. The largest absolute Gasteiger partial charge is 0.350 e. The molecule has 154 valence electrons. The zero-order valence-corrected chi connectivity index (χ0v) is 19.8. The smallest absolute Gasteiger partial charge is 0.192 e. The third-order valence-corrected chi connectivity index (χ3v) is 4.83. The first kappa shape index (κ1) is 23.2. The van der Waals surface area contributed by atoms with Crippen molar-refractivity contribution in [2.75, 3.05) is 0 Å². The highest BCUT2D eigenvalue weighted by Crippen LogP contribution is 2.16. The van der Waals surface area contributed by atoms with Crippen LogP contribution in [-0.4, -0.2) is 20.7 Å². The standard InChI is InChI=1S/C21H25ClN6.HI/c1-15(18-9-11-19(22)12-10-18)25-21(23-13-17-7-5-4-6-8-17)24-14-20-27-26-16(2)28(20)3;/h4-12,15H,13-14H2,1-3H3,(H2,23,24,25);1H. The molecule has 1 atom stereocenters. The van der Waals surface area contributed by atoms with Gasteiger partial charge in [0.25, 0.3) is 0 Å². The Kier molecular flexibility index (Phi) is 8.91. The molecular weight excluding hydrogens is 499 g/mol. The molecule has 2 N–H and O–H groups in total. The highest BCUT2D eigenvalue weighted by Gasteiger charge is 2.10. The lowest BCUT2D eigenvalue weighted by Gasteiger charge is -2.19. The van der Waals surface area contributed by atoms with Gasteiger partial charge < -0.3 is 15.2 Å². The molecule has 1 heterocycles. The van der Waals surface area contributed by atoms with Crippen LogP contribution in [0.3, 0.4) is 0 Å². The molecule has 0 aliphatic rings. The second-order valence-electron chi connectivity index (χ2n) is 6.64. The zero-order valence-electron chi connectivity index (χ0n) is 16.8. The SMILES string of the molecule is Cc1nnc(CNC(=NCc2ccccc2)NC(C)c2ccc(Cl)cc2)n1C.I. The van der Waals surface area contributed by atoms with Crippen LogP contribution in [0.5, 0.6) is 0 Å². The predicted octanol–water partition coefficient (Wildman–Crippen LogP) is 4.39. The first-order valence-corrected chi connectivity index (χ1v) is 9.60. The van der Waals surface area contributed by atoms with Crippen molar-refractivity contribution in [3.8, 4) is 0 Å². The summed E-state index contributed by atoms with van der Waals surface area (Å²) >= 11 is 6.00. The second-order valence-corrected chi connectivity index (χ2v) is 7.08. The fourth-order valence-electron chi connectivity index (χ4n) is 2.71. The monoisotopic (exact) mass is 524 g/mol. The summed E-state index contributed by atoms with van der Waals surface area (Å²) in [4.78, 5) is 4.74. The molecule has 1 unspecified atom stereocenters. The molecule has 8 heteroatoms. The predicted molar refractivity (Wildman–Crippen MR) is 129 cm³/mol. The Bertz CT molecular complexity index is 924. The van der Waals surface area contributed by atoms with Crippen LogP contribution in [0.1, 0.15) is 35.7 Å². The number of nitrogens with one attached hydrogen (secondary N) is 2. The molecule has 0 fully saturated rings. The second kappa shape index (κ2) is 11.2. The Hall–Kier alpha value is -2.13. The van der Waals surface area contributed by atoms with E-state index in [1.807, 2.05) is 61.0 Å². The Labute approximate surface area is 193 Å². The van der Waals surface area contributed by atoms with E-state index in [4.69, 9.17) is 16.6 Å². The Morgan fingerprint density at radius 1 is 1.10 bits per heavy atom. The topological polar surface area (TPSA) is 67.1 Å². The van der Waals surface area contributed by atoms with Crippen LogP contribution in [0.2, 0.25) is 5.02 Å². The lowest BCUT2D eigenvalue weighted by Crippen LogP contribution is -2.39. The van der Waals surface area contributed by atoms with Gasteiger partial charge in [-0.05, 0) is 37.1 Å². The van der Waals surface area contributed by atoms with Crippen LogP contribution < -0.4 is 10.6 Å². The number of rotatable bonds is 6. The maximum atomic E-state index is 6.00. The van der Waals surface area contributed by atoms with Crippen molar-refractivity contribution >= 4 is 41.5 Å². The fraction of sp³-hybridized carbons (Fsp3) is 0.286. The average Bonchev–Trinajstić information content (AvgIpc) is 3.03. The van der Waals surface area contributed by atoms with Gasteiger partial charge in [0.2, 0.25) is 0 Å². The molecule has 3 aromatic rings. The molecule has 0 saturated heterocycles. The molecule has 2 aromatic carbocycles. The zero-order chi connectivity index (χ0) is 19.9. The molecule has 6 nitrogen and oxygen atoms in total. The number of hydrogen-bond acceptors (Lipinski definition) is 3. The average molecular weight is 525 g/mol. The number of aliphatic imine (C=N–C) groups is 1. The molecule has 29 heavy (non-hydrogen) atoms. The summed E-state index contributed by atoms with van der Waals surface area (Å²) in [6.45, 7) is 5.14. The van der Waals surface area contributed by atoms with Gasteiger partial charge in [0.1, 0.15) is 5.82 Å². The van der Waals surface area contributed by atoms with Crippen molar-refractivity contribution in [3.05, 3.63) is 82.4 Å².